The van der Waals surface area contributed by atoms with Crippen LogP contribution in [0.4, 0.5) is 5.69 Å². The summed E-state index contributed by atoms with van der Waals surface area (Å²) in [4.78, 5) is 14.6. The maximum absolute atomic E-state index is 12.3. The molecule has 0 aliphatic rings. The standard InChI is InChI=1S/C18H25N3O3/c1-5-21(6-2)11-12-23-16-9-7-15(8-10-16)19-18(22)17-13(3)20-24-14(17)4/h7-10H,5-6,11-12H2,1-4H3,(H,19,22). The molecule has 1 aromatic carbocycles. The minimum absolute atomic E-state index is 0.221. The van der Waals surface area contributed by atoms with Gasteiger partial charge < -0.3 is 19.5 Å². The molecule has 0 atom stereocenters. The van der Waals surface area contributed by atoms with Gasteiger partial charge in [0.25, 0.3) is 5.91 Å². The first kappa shape index (κ1) is 18.0. The predicted octanol–water partition coefficient (Wildman–Crippen LogP) is 3.26. The minimum Gasteiger partial charge on any atom is -0.492 e. The maximum atomic E-state index is 12.3. The summed E-state index contributed by atoms with van der Waals surface area (Å²) in [6.07, 6.45) is 0. The van der Waals surface area contributed by atoms with Crippen molar-refractivity contribution in [3.63, 3.8) is 0 Å². The van der Waals surface area contributed by atoms with Crippen molar-refractivity contribution in [3.05, 3.63) is 41.3 Å². The number of carbonyl (C=O) groups excluding carboxylic acids is 1. The van der Waals surface area contributed by atoms with Gasteiger partial charge in [0.15, 0.2) is 0 Å². The van der Waals surface area contributed by atoms with Gasteiger partial charge in [0.2, 0.25) is 0 Å². The average Bonchev–Trinajstić information content (AvgIpc) is 2.92. The van der Waals surface area contributed by atoms with Crippen LogP contribution in [0.2, 0.25) is 0 Å². The second kappa shape index (κ2) is 8.49. The first-order chi connectivity index (χ1) is 11.5. The molecule has 0 saturated carbocycles. The van der Waals surface area contributed by atoms with Crippen LogP contribution < -0.4 is 10.1 Å². The largest absolute Gasteiger partial charge is 0.492 e. The van der Waals surface area contributed by atoms with E-state index in [1.54, 1.807) is 13.8 Å². The zero-order valence-electron chi connectivity index (χ0n) is 14.8. The topological polar surface area (TPSA) is 67.6 Å². The maximum Gasteiger partial charge on any atom is 0.261 e. The van der Waals surface area contributed by atoms with E-state index in [-0.39, 0.29) is 5.91 Å². The Morgan fingerprint density at radius 3 is 2.42 bits per heavy atom. The fourth-order valence-corrected chi connectivity index (χ4v) is 2.47. The van der Waals surface area contributed by atoms with Gasteiger partial charge in [-0.15, -0.1) is 0 Å². The Labute approximate surface area is 142 Å². The number of carbonyl (C=O) groups is 1. The van der Waals surface area contributed by atoms with Crippen LogP contribution in [-0.4, -0.2) is 42.2 Å². The molecule has 1 aromatic heterocycles. The van der Waals surface area contributed by atoms with E-state index in [9.17, 15) is 4.79 Å². The third-order valence-corrected chi connectivity index (χ3v) is 3.94. The molecule has 2 aromatic rings. The van der Waals surface area contributed by atoms with Gasteiger partial charge >= 0.3 is 0 Å². The molecular weight excluding hydrogens is 306 g/mol. The molecule has 6 nitrogen and oxygen atoms in total. The quantitative estimate of drug-likeness (QED) is 0.804. The first-order valence-electron chi connectivity index (χ1n) is 8.24. The molecule has 2 rings (SSSR count). The van der Waals surface area contributed by atoms with Crippen molar-refractivity contribution in [2.24, 2.45) is 0 Å². The van der Waals surface area contributed by atoms with Gasteiger partial charge in [-0.05, 0) is 51.2 Å². The van der Waals surface area contributed by atoms with E-state index in [2.05, 4.69) is 29.2 Å². The molecule has 24 heavy (non-hydrogen) atoms. The Bertz CT molecular complexity index is 641. The van der Waals surface area contributed by atoms with Crippen molar-refractivity contribution in [2.45, 2.75) is 27.7 Å². The smallest absolute Gasteiger partial charge is 0.261 e. The SMILES string of the molecule is CCN(CC)CCOc1ccc(NC(=O)c2c(C)noc2C)cc1. The number of amides is 1. The van der Waals surface area contributed by atoms with Crippen molar-refractivity contribution in [1.29, 1.82) is 0 Å². The van der Waals surface area contributed by atoms with Crippen molar-refractivity contribution in [2.75, 3.05) is 31.6 Å². The van der Waals surface area contributed by atoms with E-state index in [1.807, 2.05) is 24.3 Å². The summed E-state index contributed by atoms with van der Waals surface area (Å²) in [6.45, 7) is 11.3. The van der Waals surface area contributed by atoms with Crippen molar-refractivity contribution in [1.82, 2.24) is 10.1 Å². The molecule has 1 N–H and O–H groups in total. The van der Waals surface area contributed by atoms with Crippen LogP contribution in [0.15, 0.2) is 28.8 Å². The van der Waals surface area contributed by atoms with Gasteiger partial charge in [0.1, 0.15) is 23.7 Å². The zero-order chi connectivity index (χ0) is 17.5. The number of aromatic nitrogens is 1. The van der Waals surface area contributed by atoms with Crippen molar-refractivity contribution < 1.29 is 14.1 Å². The van der Waals surface area contributed by atoms with Gasteiger partial charge in [-0.25, -0.2) is 0 Å². The zero-order valence-corrected chi connectivity index (χ0v) is 14.8. The third kappa shape index (κ3) is 4.58. The summed E-state index contributed by atoms with van der Waals surface area (Å²) >= 11 is 0. The Kier molecular flexibility index (Phi) is 6.37. The van der Waals surface area contributed by atoms with Crippen LogP contribution in [0.25, 0.3) is 0 Å². The van der Waals surface area contributed by atoms with Crippen LogP contribution in [0.3, 0.4) is 0 Å². The lowest BCUT2D eigenvalue weighted by Crippen LogP contribution is -2.27. The fraction of sp³-hybridized carbons (Fsp3) is 0.444. The lowest BCUT2D eigenvalue weighted by atomic mass is 10.2. The lowest BCUT2D eigenvalue weighted by molar-refractivity contribution is 0.102. The van der Waals surface area contributed by atoms with Crippen molar-refractivity contribution in [3.8, 4) is 5.75 Å². The number of hydrogen-bond donors (Lipinski definition) is 1. The van der Waals surface area contributed by atoms with Crippen LogP contribution in [0.5, 0.6) is 5.75 Å². The highest BCUT2D eigenvalue weighted by Crippen LogP contribution is 2.18. The molecule has 0 radical (unpaired) electrons. The van der Waals surface area contributed by atoms with Gasteiger partial charge in [-0.2, -0.15) is 0 Å². The fourth-order valence-electron chi connectivity index (χ4n) is 2.47. The molecular formula is C18H25N3O3. The van der Waals surface area contributed by atoms with Crippen LogP contribution in [-0.2, 0) is 0 Å². The Morgan fingerprint density at radius 1 is 1.21 bits per heavy atom. The lowest BCUT2D eigenvalue weighted by Gasteiger charge is -2.18. The number of ether oxygens (including phenoxy) is 1. The summed E-state index contributed by atoms with van der Waals surface area (Å²) in [5.41, 5.74) is 1.77. The number of nitrogens with one attached hydrogen (secondary N) is 1. The number of nitrogens with zero attached hydrogens (tertiary/aromatic N) is 2. The molecule has 0 aliphatic heterocycles. The second-order valence-electron chi connectivity index (χ2n) is 5.55. The highest BCUT2D eigenvalue weighted by Gasteiger charge is 2.17. The van der Waals surface area contributed by atoms with Crippen LogP contribution in [0.1, 0.15) is 35.7 Å². The molecule has 0 saturated heterocycles. The van der Waals surface area contributed by atoms with E-state index >= 15 is 0 Å². The van der Waals surface area contributed by atoms with Gasteiger partial charge in [-0.3, -0.25) is 4.79 Å². The monoisotopic (exact) mass is 331 g/mol. The van der Waals surface area contributed by atoms with Gasteiger partial charge in [-0.1, -0.05) is 19.0 Å². The van der Waals surface area contributed by atoms with Crippen molar-refractivity contribution >= 4 is 11.6 Å². The highest BCUT2D eigenvalue weighted by molar-refractivity contribution is 6.05. The van der Waals surface area contributed by atoms with E-state index in [0.717, 1.165) is 25.4 Å². The summed E-state index contributed by atoms with van der Waals surface area (Å²) in [5.74, 6) is 1.08. The minimum atomic E-state index is -0.221. The summed E-state index contributed by atoms with van der Waals surface area (Å²) in [5, 5.41) is 6.64. The number of rotatable bonds is 8. The molecule has 0 spiro atoms. The van der Waals surface area contributed by atoms with Crippen LogP contribution >= 0.6 is 0 Å². The molecule has 1 amide bonds. The van der Waals surface area contributed by atoms with E-state index in [0.29, 0.717) is 29.3 Å². The number of likely N-dealkylation sites (N-methyl/N-ethyl adjacent to an activating group) is 1. The molecule has 130 valence electrons. The van der Waals surface area contributed by atoms with Gasteiger partial charge in [0, 0.05) is 12.2 Å². The van der Waals surface area contributed by atoms with E-state index < -0.39 is 0 Å². The predicted molar refractivity (Wildman–Crippen MR) is 93.7 cm³/mol. The summed E-state index contributed by atoms with van der Waals surface area (Å²) < 4.78 is 10.8. The Balaban J connectivity index is 1.89. The molecule has 0 bridgehead atoms. The summed E-state index contributed by atoms with van der Waals surface area (Å²) in [7, 11) is 0. The third-order valence-electron chi connectivity index (χ3n) is 3.94. The van der Waals surface area contributed by atoms with E-state index in [4.69, 9.17) is 9.26 Å². The normalized spacial score (nSPS) is 10.9. The Hall–Kier alpha value is -2.34. The van der Waals surface area contributed by atoms with Gasteiger partial charge in [0.05, 0.1) is 5.69 Å². The molecule has 0 aliphatic carbocycles. The average molecular weight is 331 g/mol. The molecule has 0 unspecified atom stereocenters. The Morgan fingerprint density at radius 2 is 1.88 bits per heavy atom. The molecule has 6 heteroatoms. The first-order valence-corrected chi connectivity index (χ1v) is 8.24. The number of benzene rings is 1. The number of aryl methyl sites for hydroxylation is 2. The molecule has 0 fully saturated rings. The molecule has 1 heterocycles. The number of anilines is 1. The number of hydrogen-bond acceptors (Lipinski definition) is 5. The highest BCUT2D eigenvalue weighted by atomic mass is 16.5. The summed E-state index contributed by atoms with van der Waals surface area (Å²) in [6, 6.07) is 7.35. The van der Waals surface area contributed by atoms with E-state index in [1.165, 1.54) is 0 Å². The van der Waals surface area contributed by atoms with Crippen LogP contribution in [0, 0.1) is 13.8 Å². The second-order valence-corrected chi connectivity index (χ2v) is 5.55.